The number of ether oxygens (including phenoxy) is 2. The molecule has 140 valence electrons. The minimum absolute atomic E-state index is 0.0129. The summed E-state index contributed by atoms with van der Waals surface area (Å²) in [4.78, 5) is 13.8. The fourth-order valence-electron chi connectivity index (χ4n) is 2.54. The molecule has 1 aromatic heterocycles. The summed E-state index contributed by atoms with van der Waals surface area (Å²) in [5.74, 6) is 1.29. The van der Waals surface area contributed by atoms with Crippen molar-refractivity contribution >= 4 is 5.91 Å². The van der Waals surface area contributed by atoms with Crippen LogP contribution in [0.2, 0.25) is 0 Å². The monoisotopic (exact) mass is 365 g/mol. The average molecular weight is 365 g/mol. The van der Waals surface area contributed by atoms with Crippen LogP contribution in [0.25, 0.3) is 0 Å². The Hall–Kier alpha value is -3.28. The zero-order valence-corrected chi connectivity index (χ0v) is 15.5. The molecule has 0 fully saturated rings. The molecule has 27 heavy (non-hydrogen) atoms. The van der Waals surface area contributed by atoms with E-state index in [0.717, 1.165) is 16.9 Å². The molecule has 0 bridgehead atoms. The number of amides is 1. The smallest absolute Gasteiger partial charge is 0.260 e. The molecule has 1 heterocycles. The second-order valence-electron chi connectivity index (χ2n) is 6.31. The van der Waals surface area contributed by atoms with Gasteiger partial charge in [0, 0.05) is 32.4 Å². The Balaban J connectivity index is 1.44. The molecule has 6 nitrogen and oxygen atoms in total. The number of benzene rings is 2. The van der Waals surface area contributed by atoms with Gasteiger partial charge in [-0.05, 0) is 29.8 Å². The van der Waals surface area contributed by atoms with E-state index in [1.807, 2.05) is 55.7 Å². The van der Waals surface area contributed by atoms with Crippen LogP contribution in [0.15, 0.2) is 67.0 Å². The molecule has 3 aromatic rings. The van der Waals surface area contributed by atoms with Crippen LogP contribution in [0.4, 0.5) is 0 Å². The van der Waals surface area contributed by atoms with Crippen LogP contribution >= 0.6 is 0 Å². The van der Waals surface area contributed by atoms with E-state index in [4.69, 9.17) is 9.47 Å². The predicted octanol–water partition coefficient (Wildman–Crippen LogP) is 3.04. The van der Waals surface area contributed by atoms with Crippen LogP contribution in [0, 0.1) is 0 Å². The van der Waals surface area contributed by atoms with Gasteiger partial charge in [-0.2, -0.15) is 5.10 Å². The molecule has 0 N–H and O–H groups in total. The molecule has 0 unspecified atom stereocenters. The van der Waals surface area contributed by atoms with Crippen LogP contribution in [0.1, 0.15) is 11.1 Å². The van der Waals surface area contributed by atoms with Crippen LogP contribution in [-0.4, -0.2) is 34.2 Å². The van der Waals surface area contributed by atoms with Crippen molar-refractivity contribution in [3.63, 3.8) is 0 Å². The summed E-state index contributed by atoms with van der Waals surface area (Å²) in [5, 5.41) is 4.10. The second-order valence-corrected chi connectivity index (χ2v) is 6.31. The number of likely N-dealkylation sites (N-methyl/N-ethyl adjacent to an activating group) is 1. The number of nitrogens with zero attached hydrogens (tertiary/aromatic N) is 3. The van der Waals surface area contributed by atoms with E-state index in [9.17, 15) is 4.79 Å². The van der Waals surface area contributed by atoms with E-state index in [0.29, 0.717) is 18.9 Å². The zero-order chi connectivity index (χ0) is 19.1. The number of rotatable bonds is 8. The van der Waals surface area contributed by atoms with Gasteiger partial charge in [-0.3, -0.25) is 9.48 Å². The fourth-order valence-corrected chi connectivity index (χ4v) is 2.54. The van der Waals surface area contributed by atoms with Crippen molar-refractivity contribution in [2.75, 3.05) is 13.7 Å². The third-order valence-corrected chi connectivity index (χ3v) is 4.04. The van der Waals surface area contributed by atoms with Crippen LogP contribution in [0.3, 0.4) is 0 Å². The van der Waals surface area contributed by atoms with Crippen molar-refractivity contribution in [2.45, 2.75) is 13.2 Å². The van der Waals surface area contributed by atoms with Gasteiger partial charge in [0.1, 0.15) is 18.1 Å². The van der Waals surface area contributed by atoms with Gasteiger partial charge in [-0.1, -0.05) is 30.3 Å². The molecule has 6 heteroatoms. The average Bonchev–Trinajstić information content (AvgIpc) is 3.10. The van der Waals surface area contributed by atoms with E-state index in [1.54, 1.807) is 35.0 Å². The van der Waals surface area contributed by atoms with Crippen molar-refractivity contribution in [3.05, 3.63) is 78.1 Å². The first-order valence-electron chi connectivity index (χ1n) is 8.71. The highest BCUT2D eigenvalue weighted by molar-refractivity contribution is 5.77. The molecule has 0 atom stereocenters. The Morgan fingerprint density at radius 2 is 1.67 bits per heavy atom. The Morgan fingerprint density at radius 1 is 1.00 bits per heavy atom. The maximum absolute atomic E-state index is 12.2. The predicted molar refractivity (Wildman–Crippen MR) is 102 cm³/mol. The number of carbonyl (C=O) groups excluding carboxylic acids is 1. The van der Waals surface area contributed by atoms with Gasteiger partial charge in [0.15, 0.2) is 6.61 Å². The molecule has 0 saturated carbocycles. The molecular formula is C21H23N3O3. The van der Waals surface area contributed by atoms with Crippen LogP contribution in [0.5, 0.6) is 11.5 Å². The Bertz CT molecular complexity index is 860. The van der Waals surface area contributed by atoms with Crippen molar-refractivity contribution in [1.29, 1.82) is 0 Å². The van der Waals surface area contributed by atoms with Gasteiger partial charge in [0.25, 0.3) is 5.91 Å². The van der Waals surface area contributed by atoms with E-state index < -0.39 is 0 Å². The maximum Gasteiger partial charge on any atom is 0.260 e. The van der Waals surface area contributed by atoms with E-state index in [2.05, 4.69) is 5.10 Å². The summed E-state index contributed by atoms with van der Waals surface area (Å²) in [6, 6.07) is 17.3. The first-order valence-corrected chi connectivity index (χ1v) is 8.71. The normalized spacial score (nSPS) is 10.4. The third kappa shape index (κ3) is 5.60. The highest BCUT2D eigenvalue weighted by Gasteiger charge is 2.11. The molecule has 0 radical (unpaired) electrons. The lowest BCUT2D eigenvalue weighted by Crippen LogP contribution is -2.30. The quantitative estimate of drug-likeness (QED) is 0.616. The highest BCUT2D eigenvalue weighted by Crippen LogP contribution is 2.19. The number of aryl methyl sites for hydroxylation is 1. The van der Waals surface area contributed by atoms with Gasteiger partial charge in [0.05, 0.1) is 6.20 Å². The summed E-state index contributed by atoms with van der Waals surface area (Å²) in [5.41, 5.74) is 2.09. The van der Waals surface area contributed by atoms with Crippen molar-refractivity contribution < 1.29 is 14.3 Å². The van der Waals surface area contributed by atoms with Gasteiger partial charge >= 0.3 is 0 Å². The van der Waals surface area contributed by atoms with Gasteiger partial charge in [-0.15, -0.1) is 0 Å². The molecule has 3 rings (SSSR count). The van der Waals surface area contributed by atoms with E-state index in [-0.39, 0.29) is 12.5 Å². The van der Waals surface area contributed by atoms with Crippen molar-refractivity contribution in [1.82, 2.24) is 14.7 Å². The summed E-state index contributed by atoms with van der Waals surface area (Å²) < 4.78 is 13.0. The van der Waals surface area contributed by atoms with Gasteiger partial charge in [-0.25, -0.2) is 0 Å². The number of hydrogen-bond donors (Lipinski definition) is 0. The SMILES string of the molecule is CN(Cc1cnn(C)c1)C(=O)COc1ccc(OCc2ccccc2)cc1. The second kappa shape index (κ2) is 8.89. The first-order chi connectivity index (χ1) is 13.1. The van der Waals surface area contributed by atoms with Crippen LogP contribution < -0.4 is 9.47 Å². The highest BCUT2D eigenvalue weighted by atomic mass is 16.5. The van der Waals surface area contributed by atoms with Crippen molar-refractivity contribution in [2.24, 2.45) is 7.05 Å². The molecule has 0 aliphatic carbocycles. The molecule has 0 spiro atoms. The third-order valence-electron chi connectivity index (χ3n) is 4.04. The Labute approximate surface area is 158 Å². The van der Waals surface area contributed by atoms with Gasteiger partial charge < -0.3 is 14.4 Å². The fraction of sp³-hybridized carbons (Fsp3) is 0.238. The number of aromatic nitrogens is 2. The molecule has 0 aliphatic heterocycles. The largest absolute Gasteiger partial charge is 0.489 e. The summed E-state index contributed by atoms with van der Waals surface area (Å²) in [7, 11) is 3.60. The molecular weight excluding hydrogens is 342 g/mol. The minimum atomic E-state index is -0.0942. The number of hydrogen-bond acceptors (Lipinski definition) is 4. The van der Waals surface area contributed by atoms with E-state index in [1.165, 1.54) is 0 Å². The lowest BCUT2D eigenvalue weighted by molar-refractivity contribution is -0.132. The molecule has 2 aromatic carbocycles. The lowest BCUT2D eigenvalue weighted by Gasteiger charge is -2.16. The first kappa shape index (κ1) is 18.5. The summed E-state index contributed by atoms with van der Waals surface area (Å²) >= 11 is 0. The maximum atomic E-state index is 12.2. The zero-order valence-electron chi connectivity index (χ0n) is 15.5. The summed E-state index contributed by atoms with van der Waals surface area (Å²) in [6.45, 7) is 1.00. The summed E-state index contributed by atoms with van der Waals surface area (Å²) in [6.07, 6.45) is 3.64. The van der Waals surface area contributed by atoms with Gasteiger partial charge in [0.2, 0.25) is 0 Å². The topological polar surface area (TPSA) is 56.6 Å². The van der Waals surface area contributed by atoms with Crippen LogP contribution in [-0.2, 0) is 25.0 Å². The Morgan fingerprint density at radius 3 is 2.30 bits per heavy atom. The lowest BCUT2D eigenvalue weighted by atomic mass is 10.2. The minimum Gasteiger partial charge on any atom is -0.489 e. The van der Waals surface area contributed by atoms with E-state index >= 15 is 0 Å². The molecule has 0 saturated heterocycles. The molecule has 1 amide bonds. The molecule has 0 aliphatic rings. The standard InChI is InChI=1S/C21H23N3O3/c1-23(13-18-12-22-24(2)14-18)21(25)16-27-20-10-8-19(9-11-20)26-15-17-6-4-3-5-7-17/h3-12,14H,13,15-16H2,1-2H3. The Kier molecular flexibility index (Phi) is 6.10. The van der Waals surface area contributed by atoms with Crippen molar-refractivity contribution in [3.8, 4) is 11.5 Å². The number of carbonyl (C=O) groups is 1.